The summed E-state index contributed by atoms with van der Waals surface area (Å²) in [7, 11) is -0.959. The third kappa shape index (κ3) is 5.95. The van der Waals surface area contributed by atoms with Crippen molar-refractivity contribution in [2.24, 2.45) is 0 Å². The molecule has 0 spiro atoms. The highest BCUT2D eigenvalue weighted by atomic mass is 32.2. The van der Waals surface area contributed by atoms with E-state index in [0.717, 1.165) is 25.0 Å². The Morgan fingerprint density at radius 1 is 1.39 bits per heavy atom. The molecule has 0 radical (unpaired) electrons. The van der Waals surface area contributed by atoms with Crippen molar-refractivity contribution in [3.8, 4) is 0 Å². The Labute approximate surface area is 140 Å². The Morgan fingerprint density at radius 2 is 2.17 bits per heavy atom. The molecule has 2 rings (SSSR count). The van der Waals surface area contributed by atoms with Crippen LogP contribution in [0.4, 0.5) is 10.5 Å². The second-order valence-electron chi connectivity index (χ2n) is 6.77. The number of amides is 2. The van der Waals surface area contributed by atoms with Crippen LogP contribution < -0.4 is 10.6 Å². The summed E-state index contributed by atoms with van der Waals surface area (Å²) >= 11 is 0. The van der Waals surface area contributed by atoms with Crippen molar-refractivity contribution in [3.05, 3.63) is 29.8 Å². The number of rotatable bonds is 5. The molecule has 2 atom stereocenters. The van der Waals surface area contributed by atoms with Gasteiger partial charge in [-0.25, -0.2) is 4.79 Å². The number of urea groups is 1. The van der Waals surface area contributed by atoms with Crippen molar-refractivity contribution < 1.29 is 13.7 Å². The molecule has 2 amide bonds. The monoisotopic (exact) mass is 338 g/mol. The van der Waals surface area contributed by atoms with Gasteiger partial charge in [0.05, 0.1) is 6.10 Å². The lowest BCUT2D eigenvalue weighted by Crippen LogP contribution is -2.35. The SMILES string of the molecule is CC(C)(C)[S@](=O)Cc1cccc(NC(=O)NC[C@@H]2CCCO2)c1. The van der Waals surface area contributed by atoms with Crippen LogP contribution in [0.15, 0.2) is 24.3 Å². The molecule has 128 valence electrons. The van der Waals surface area contributed by atoms with Gasteiger partial charge in [-0.15, -0.1) is 0 Å². The average Bonchev–Trinajstić information content (AvgIpc) is 2.98. The maximum Gasteiger partial charge on any atom is 0.319 e. The second kappa shape index (κ2) is 7.93. The van der Waals surface area contributed by atoms with Gasteiger partial charge >= 0.3 is 6.03 Å². The lowest BCUT2D eigenvalue weighted by Gasteiger charge is -2.18. The van der Waals surface area contributed by atoms with Gasteiger partial charge in [0.25, 0.3) is 0 Å². The molecule has 1 aliphatic heterocycles. The number of hydrogen-bond donors (Lipinski definition) is 2. The van der Waals surface area contributed by atoms with Gasteiger partial charge in [0, 0.05) is 40.1 Å². The molecule has 1 aromatic rings. The largest absolute Gasteiger partial charge is 0.376 e. The zero-order chi connectivity index (χ0) is 16.9. The first-order valence-electron chi connectivity index (χ1n) is 7.98. The summed E-state index contributed by atoms with van der Waals surface area (Å²) in [6, 6.07) is 7.25. The van der Waals surface area contributed by atoms with E-state index in [9.17, 15) is 9.00 Å². The van der Waals surface area contributed by atoms with Crippen molar-refractivity contribution in [3.63, 3.8) is 0 Å². The lowest BCUT2D eigenvalue weighted by atomic mass is 10.2. The zero-order valence-electron chi connectivity index (χ0n) is 14.1. The lowest BCUT2D eigenvalue weighted by molar-refractivity contribution is 0.112. The highest BCUT2D eigenvalue weighted by molar-refractivity contribution is 7.85. The summed E-state index contributed by atoms with van der Waals surface area (Å²) in [5.41, 5.74) is 1.66. The van der Waals surface area contributed by atoms with Crippen molar-refractivity contribution in [2.75, 3.05) is 18.5 Å². The third-order valence-corrected chi connectivity index (χ3v) is 5.64. The van der Waals surface area contributed by atoms with Crippen LogP contribution in [0.25, 0.3) is 0 Å². The molecule has 1 saturated heterocycles. The van der Waals surface area contributed by atoms with Crippen LogP contribution in [0.5, 0.6) is 0 Å². The molecular weight excluding hydrogens is 312 g/mol. The molecule has 5 nitrogen and oxygen atoms in total. The fourth-order valence-electron chi connectivity index (χ4n) is 2.29. The summed E-state index contributed by atoms with van der Waals surface area (Å²) < 4.78 is 17.4. The van der Waals surface area contributed by atoms with Crippen molar-refractivity contribution in [2.45, 2.75) is 50.2 Å². The highest BCUT2D eigenvalue weighted by Crippen LogP contribution is 2.18. The first-order chi connectivity index (χ1) is 10.8. The molecule has 0 bridgehead atoms. The van der Waals surface area contributed by atoms with E-state index < -0.39 is 10.8 Å². The standard InChI is InChI=1S/C17H26N2O3S/c1-17(2,3)23(21)12-13-6-4-7-14(10-13)19-16(20)18-11-15-8-5-9-22-15/h4,6-7,10,15H,5,8-9,11-12H2,1-3H3,(H2,18,19,20)/t15-,23+/m0/s1. The Hall–Kier alpha value is -1.40. The number of nitrogens with one attached hydrogen (secondary N) is 2. The maximum atomic E-state index is 12.2. The maximum absolute atomic E-state index is 12.2. The third-order valence-electron chi connectivity index (χ3n) is 3.68. The Balaban J connectivity index is 1.86. The van der Waals surface area contributed by atoms with Crippen LogP contribution >= 0.6 is 0 Å². The Morgan fingerprint density at radius 3 is 2.83 bits per heavy atom. The van der Waals surface area contributed by atoms with Gasteiger partial charge in [0.1, 0.15) is 0 Å². The Bertz CT molecular complexity index is 563. The molecule has 1 aliphatic rings. The van der Waals surface area contributed by atoms with Gasteiger partial charge in [-0.3, -0.25) is 4.21 Å². The van der Waals surface area contributed by atoms with Gasteiger partial charge in [0.2, 0.25) is 0 Å². The van der Waals surface area contributed by atoms with E-state index in [-0.39, 0.29) is 16.9 Å². The molecule has 0 aromatic heterocycles. The number of ether oxygens (including phenoxy) is 1. The fraction of sp³-hybridized carbons (Fsp3) is 0.588. The minimum atomic E-state index is -0.959. The van der Waals surface area contributed by atoms with E-state index >= 15 is 0 Å². The van der Waals surface area contributed by atoms with Gasteiger partial charge in [-0.1, -0.05) is 12.1 Å². The van der Waals surface area contributed by atoms with Gasteiger partial charge in [-0.2, -0.15) is 0 Å². The summed E-state index contributed by atoms with van der Waals surface area (Å²) in [4.78, 5) is 11.9. The van der Waals surface area contributed by atoms with Gasteiger partial charge in [0.15, 0.2) is 0 Å². The van der Waals surface area contributed by atoms with Crippen molar-refractivity contribution >= 4 is 22.5 Å². The Kier molecular flexibility index (Phi) is 6.18. The zero-order valence-corrected chi connectivity index (χ0v) is 14.9. The summed E-state index contributed by atoms with van der Waals surface area (Å²) in [5, 5.41) is 5.64. The van der Waals surface area contributed by atoms with Gasteiger partial charge < -0.3 is 15.4 Å². The molecule has 6 heteroatoms. The predicted octanol–water partition coefficient (Wildman–Crippen LogP) is 3.03. The van der Waals surface area contributed by atoms with Crippen LogP contribution in [0.3, 0.4) is 0 Å². The normalized spacial score (nSPS) is 19.3. The molecule has 0 saturated carbocycles. The summed E-state index contributed by atoms with van der Waals surface area (Å²) in [6.07, 6.45) is 2.18. The van der Waals surface area contributed by atoms with Crippen molar-refractivity contribution in [1.29, 1.82) is 0 Å². The molecule has 2 N–H and O–H groups in total. The number of benzene rings is 1. The van der Waals surface area contributed by atoms with E-state index in [2.05, 4.69) is 10.6 Å². The number of carbonyl (C=O) groups is 1. The van der Waals surface area contributed by atoms with E-state index in [1.165, 1.54) is 0 Å². The van der Waals surface area contributed by atoms with Crippen LogP contribution in [0, 0.1) is 0 Å². The molecule has 1 fully saturated rings. The van der Waals surface area contributed by atoms with E-state index in [0.29, 0.717) is 18.0 Å². The molecule has 1 heterocycles. The molecule has 23 heavy (non-hydrogen) atoms. The van der Waals surface area contributed by atoms with E-state index in [1.54, 1.807) is 0 Å². The minimum absolute atomic E-state index is 0.126. The summed E-state index contributed by atoms with van der Waals surface area (Å²) in [5.74, 6) is 0.483. The molecule has 0 aliphatic carbocycles. The van der Waals surface area contributed by atoms with E-state index in [1.807, 2.05) is 45.0 Å². The van der Waals surface area contributed by atoms with Crippen LogP contribution in [0.1, 0.15) is 39.2 Å². The topological polar surface area (TPSA) is 67.4 Å². The number of hydrogen-bond acceptors (Lipinski definition) is 3. The first kappa shape index (κ1) is 17.9. The first-order valence-corrected chi connectivity index (χ1v) is 9.30. The van der Waals surface area contributed by atoms with Crippen LogP contribution in [-0.4, -0.2) is 34.2 Å². The minimum Gasteiger partial charge on any atom is -0.376 e. The number of anilines is 1. The van der Waals surface area contributed by atoms with Crippen molar-refractivity contribution in [1.82, 2.24) is 5.32 Å². The summed E-state index contributed by atoms with van der Waals surface area (Å²) in [6.45, 7) is 7.19. The number of carbonyl (C=O) groups excluding carboxylic acids is 1. The average molecular weight is 338 g/mol. The van der Waals surface area contributed by atoms with Crippen LogP contribution in [-0.2, 0) is 21.3 Å². The second-order valence-corrected chi connectivity index (χ2v) is 8.98. The van der Waals surface area contributed by atoms with E-state index in [4.69, 9.17) is 4.74 Å². The fourth-order valence-corrected chi connectivity index (χ4v) is 3.21. The quantitative estimate of drug-likeness (QED) is 0.867. The predicted molar refractivity (Wildman–Crippen MR) is 94.0 cm³/mol. The van der Waals surface area contributed by atoms with Crippen LogP contribution in [0.2, 0.25) is 0 Å². The van der Waals surface area contributed by atoms with Gasteiger partial charge in [-0.05, 0) is 51.3 Å². The molecular formula is C17H26N2O3S. The molecule has 0 unspecified atom stereocenters. The smallest absolute Gasteiger partial charge is 0.319 e. The highest BCUT2D eigenvalue weighted by Gasteiger charge is 2.20. The molecule has 1 aromatic carbocycles.